The van der Waals surface area contributed by atoms with E-state index in [4.69, 9.17) is 4.98 Å². The molecular weight excluding hydrogens is 298 g/mol. The highest BCUT2D eigenvalue weighted by Crippen LogP contribution is 2.24. The molecule has 0 radical (unpaired) electrons. The SMILES string of the molecule is Cc1ccc(-c2nc3ccccc3n2CCNC(=O)C(C)C)cc1. The highest BCUT2D eigenvalue weighted by molar-refractivity contribution is 5.81. The molecule has 0 aliphatic heterocycles. The molecule has 0 bridgehead atoms. The summed E-state index contributed by atoms with van der Waals surface area (Å²) in [4.78, 5) is 16.6. The summed E-state index contributed by atoms with van der Waals surface area (Å²) >= 11 is 0. The first-order chi connectivity index (χ1) is 11.6. The maximum Gasteiger partial charge on any atom is 0.222 e. The number of hydrogen-bond donors (Lipinski definition) is 1. The molecule has 0 saturated carbocycles. The van der Waals surface area contributed by atoms with Gasteiger partial charge in [0.25, 0.3) is 0 Å². The lowest BCUT2D eigenvalue weighted by Crippen LogP contribution is -2.30. The molecule has 0 aliphatic carbocycles. The van der Waals surface area contributed by atoms with E-state index in [-0.39, 0.29) is 11.8 Å². The number of carbonyl (C=O) groups excluding carboxylic acids is 1. The van der Waals surface area contributed by atoms with Crippen molar-refractivity contribution >= 4 is 16.9 Å². The summed E-state index contributed by atoms with van der Waals surface area (Å²) in [6.45, 7) is 7.17. The fourth-order valence-corrected chi connectivity index (χ4v) is 2.72. The predicted molar refractivity (Wildman–Crippen MR) is 97.8 cm³/mol. The van der Waals surface area contributed by atoms with E-state index in [0.29, 0.717) is 13.1 Å². The van der Waals surface area contributed by atoms with Crippen LogP contribution in [0.1, 0.15) is 19.4 Å². The summed E-state index contributed by atoms with van der Waals surface area (Å²) in [5, 5.41) is 2.99. The molecule has 24 heavy (non-hydrogen) atoms. The van der Waals surface area contributed by atoms with Gasteiger partial charge in [0, 0.05) is 24.6 Å². The molecule has 4 nitrogen and oxygen atoms in total. The lowest BCUT2D eigenvalue weighted by Gasteiger charge is -2.12. The van der Waals surface area contributed by atoms with Gasteiger partial charge in [0.05, 0.1) is 11.0 Å². The molecule has 3 rings (SSSR count). The van der Waals surface area contributed by atoms with Crippen molar-refractivity contribution in [2.24, 2.45) is 5.92 Å². The van der Waals surface area contributed by atoms with Crippen LogP contribution < -0.4 is 5.32 Å². The Morgan fingerprint density at radius 3 is 2.54 bits per heavy atom. The first kappa shape index (κ1) is 16.2. The summed E-state index contributed by atoms with van der Waals surface area (Å²) in [5.41, 5.74) is 4.38. The molecule has 0 atom stereocenters. The van der Waals surface area contributed by atoms with E-state index in [0.717, 1.165) is 22.4 Å². The average Bonchev–Trinajstić information content (AvgIpc) is 2.94. The Labute approximate surface area is 142 Å². The zero-order valence-electron chi connectivity index (χ0n) is 14.4. The van der Waals surface area contributed by atoms with Gasteiger partial charge in [-0.1, -0.05) is 55.8 Å². The summed E-state index contributed by atoms with van der Waals surface area (Å²) in [7, 11) is 0. The Bertz CT molecular complexity index is 847. The number of nitrogens with zero attached hydrogens (tertiary/aromatic N) is 2. The van der Waals surface area contributed by atoms with Crippen LogP contribution in [0.3, 0.4) is 0 Å². The minimum atomic E-state index is 0.00102. The molecule has 1 aromatic heterocycles. The number of para-hydroxylation sites is 2. The summed E-state index contributed by atoms with van der Waals surface area (Å²) in [6.07, 6.45) is 0. The van der Waals surface area contributed by atoms with Gasteiger partial charge in [-0.05, 0) is 19.1 Å². The molecule has 4 heteroatoms. The number of aryl methyl sites for hydroxylation is 1. The second-order valence-corrected chi connectivity index (χ2v) is 6.39. The van der Waals surface area contributed by atoms with Crippen molar-refractivity contribution < 1.29 is 4.79 Å². The van der Waals surface area contributed by atoms with Crippen LogP contribution in [-0.4, -0.2) is 22.0 Å². The normalized spacial score (nSPS) is 11.2. The largest absolute Gasteiger partial charge is 0.354 e. The number of nitrogens with one attached hydrogen (secondary N) is 1. The lowest BCUT2D eigenvalue weighted by molar-refractivity contribution is -0.123. The Morgan fingerprint density at radius 1 is 1.12 bits per heavy atom. The van der Waals surface area contributed by atoms with E-state index in [1.165, 1.54) is 5.56 Å². The van der Waals surface area contributed by atoms with Crippen LogP contribution in [0.15, 0.2) is 48.5 Å². The number of benzene rings is 2. The second kappa shape index (κ2) is 6.87. The van der Waals surface area contributed by atoms with E-state index in [1.54, 1.807) is 0 Å². The third-order valence-corrected chi connectivity index (χ3v) is 4.12. The Kier molecular flexibility index (Phi) is 4.65. The Balaban J connectivity index is 1.93. The highest BCUT2D eigenvalue weighted by Gasteiger charge is 2.13. The number of aromatic nitrogens is 2. The van der Waals surface area contributed by atoms with Gasteiger partial charge in [-0.3, -0.25) is 4.79 Å². The number of imidazole rings is 1. The Hall–Kier alpha value is -2.62. The van der Waals surface area contributed by atoms with E-state index in [1.807, 2.05) is 32.0 Å². The number of amides is 1. The third kappa shape index (κ3) is 3.32. The first-order valence-corrected chi connectivity index (χ1v) is 8.36. The van der Waals surface area contributed by atoms with Gasteiger partial charge < -0.3 is 9.88 Å². The average molecular weight is 321 g/mol. The summed E-state index contributed by atoms with van der Waals surface area (Å²) in [6, 6.07) is 16.5. The van der Waals surface area contributed by atoms with Crippen LogP contribution in [0.25, 0.3) is 22.4 Å². The van der Waals surface area contributed by atoms with Gasteiger partial charge in [-0.2, -0.15) is 0 Å². The molecule has 0 unspecified atom stereocenters. The number of carbonyl (C=O) groups is 1. The number of rotatable bonds is 5. The van der Waals surface area contributed by atoms with Gasteiger partial charge in [-0.15, -0.1) is 0 Å². The Morgan fingerprint density at radius 2 is 1.83 bits per heavy atom. The molecule has 1 N–H and O–H groups in total. The van der Waals surface area contributed by atoms with E-state index in [2.05, 4.69) is 47.1 Å². The minimum absolute atomic E-state index is 0.00102. The zero-order valence-corrected chi connectivity index (χ0v) is 14.4. The smallest absolute Gasteiger partial charge is 0.222 e. The molecule has 124 valence electrons. The molecule has 0 fully saturated rings. The van der Waals surface area contributed by atoms with Crippen LogP contribution in [0.5, 0.6) is 0 Å². The molecule has 0 spiro atoms. The standard InChI is InChI=1S/C20H23N3O/c1-14(2)20(24)21-12-13-23-18-7-5-4-6-17(18)22-19(23)16-10-8-15(3)9-11-16/h4-11,14H,12-13H2,1-3H3,(H,21,24). The van der Waals surface area contributed by atoms with Crippen LogP contribution >= 0.6 is 0 Å². The van der Waals surface area contributed by atoms with Crippen molar-refractivity contribution in [3.05, 3.63) is 54.1 Å². The van der Waals surface area contributed by atoms with Crippen molar-refractivity contribution in [1.82, 2.24) is 14.9 Å². The van der Waals surface area contributed by atoms with Crippen LogP contribution in [0, 0.1) is 12.8 Å². The molecular formula is C20H23N3O. The van der Waals surface area contributed by atoms with Crippen LogP contribution in [-0.2, 0) is 11.3 Å². The highest BCUT2D eigenvalue weighted by atomic mass is 16.1. The maximum atomic E-state index is 11.8. The second-order valence-electron chi connectivity index (χ2n) is 6.39. The van der Waals surface area contributed by atoms with Gasteiger partial charge in [0.15, 0.2) is 0 Å². The zero-order chi connectivity index (χ0) is 17.1. The van der Waals surface area contributed by atoms with Crippen LogP contribution in [0.2, 0.25) is 0 Å². The fraction of sp³-hybridized carbons (Fsp3) is 0.300. The van der Waals surface area contributed by atoms with Gasteiger partial charge in [0.1, 0.15) is 5.82 Å². The maximum absolute atomic E-state index is 11.8. The van der Waals surface area contributed by atoms with Crippen molar-refractivity contribution in [2.45, 2.75) is 27.3 Å². The summed E-state index contributed by atoms with van der Waals surface area (Å²) in [5.74, 6) is 1.02. The minimum Gasteiger partial charge on any atom is -0.354 e. The molecule has 0 aliphatic rings. The van der Waals surface area contributed by atoms with E-state index >= 15 is 0 Å². The van der Waals surface area contributed by atoms with Gasteiger partial charge in [0.2, 0.25) is 5.91 Å². The molecule has 1 amide bonds. The van der Waals surface area contributed by atoms with Crippen molar-refractivity contribution in [3.63, 3.8) is 0 Å². The molecule has 3 aromatic rings. The predicted octanol–water partition coefficient (Wildman–Crippen LogP) is 3.78. The molecule has 1 heterocycles. The first-order valence-electron chi connectivity index (χ1n) is 8.36. The van der Waals surface area contributed by atoms with Crippen molar-refractivity contribution in [1.29, 1.82) is 0 Å². The fourth-order valence-electron chi connectivity index (χ4n) is 2.72. The number of fused-ring (bicyclic) bond motifs is 1. The van der Waals surface area contributed by atoms with Crippen molar-refractivity contribution in [3.8, 4) is 11.4 Å². The van der Waals surface area contributed by atoms with Crippen LogP contribution in [0.4, 0.5) is 0 Å². The lowest BCUT2D eigenvalue weighted by atomic mass is 10.1. The summed E-state index contributed by atoms with van der Waals surface area (Å²) < 4.78 is 2.18. The van der Waals surface area contributed by atoms with Gasteiger partial charge >= 0.3 is 0 Å². The van der Waals surface area contributed by atoms with E-state index in [9.17, 15) is 4.79 Å². The third-order valence-electron chi connectivity index (χ3n) is 4.12. The molecule has 0 saturated heterocycles. The molecule has 2 aromatic carbocycles. The quantitative estimate of drug-likeness (QED) is 0.777. The topological polar surface area (TPSA) is 46.9 Å². The van der Waals surface area contributed by atoms with Crippen molar-refractivity contribution in [2.75, 3.05) is 6.54 Å². The monoisotopic (exact) mass is 321 g/mol. The van der Waals surface area contributed by atoms with E-state index < -0.39 is 0 Å². The van der Waals surface area contributed by atoms with Gasteiger partial charge in [-0.25, -0.2) is 4.98 Å². The number of hydrogen-bond acceptors (Lipinski definition) is 2.